The molecular formula is C13H22N4S. The monoisotopic (exact) mass is 266 g/mol. The predicted molar refractivity (Wildman–Crippen MR) is 75.6 cm³/mol. The lowest BCUT2D eigenvalue weighted by Gasteiger charge is -2.25. The van der Waals surface area contributed by atoms with Crippen LogP contribution in [0.4, 0.5) is 0 Å². The van der Waals surface area contributed by atoms with Gasteiger partial charge in [0.05, 0.1) is 16.8 Å². The van der Waals surface area contributed by atoms with Gasteiger partial charge in [-0.25, -0.2) is 0 Å². The maximum absolute atomic E-state index is 9.25. The van der Waals surface area contributed by atoms with Gasteiger partial charge in [-0.05, 0) is 32.9 Å². The van der Waals surface area contributed by atoms with Gasteiger partial charge >= 0.3 is 0 Å². The maximum atomic E-state index is 9.25. The summed E-state index contributed by atoms with van der Waals surface area (Å²) in [5.41, 5.74) is 0.580. The van der Waals surface area contributed by atoms with Crippen LogP contribution in [0.25, 0.3) is 0 Å². The average Bonchev–Trinajstić information content (AvgIpc) is 2.57. The van der Waals surface area contributed by atoms with E-state index in [0.29, 0.717) is 5.25 Å². The molecule has 1 N–H and O–H groups in total. The number of aromatic nitrogens is 2. The molecule has 0 aliphatic carbocycles. The molecule has 0 radical (unpaired) electrons. The summed E-state index contributed by atoms with van der Waals surface area (Å²) in [4.78, 5) is 0. The van der Waals surface area contributed by atoms with Crippen LogP contribution in [-0.2, 0) is 7.05 Å². The van der Waals surface area contributed by atoms with E-state index in [-0.39, 0.29) is 0 Å². The summed E-state index contributed by atoms with van der Waals surface area (Å²) < 4.78 is 1.90. The molecule has 1 rings (SSSR count). The molecule has 0 fully saturated rings. The van der Waals surface area contributed by atoms with Gasteiger partial charge in [-0.1, -0.05) is 13.8 Å². The predicted octanol–water partition coefficient (Wildman–Crippen LogP) is 2.49. The second kappa shape index (κ2) is 6.26. The largest absolute Gasteiger partial charge is 0.300 e. The Hall–Kier alpha value is -0.990. The van der Waals surface area contributed by atoms with Crippen molar-refractivity contribution in [3.8, 4) is 6.07 Å². The van der Waals surface area contributed by atoms with Crippen molar-refractivity contribution < 1.29 is 0 Å². The molecule has 0 saturated heterocycles. The Morgan fingerprint density at radius 2 is 2.33 bits per heavy atom. The molecule has 0 aromatic carbocycles. The number of rotatable bonds is 6. The van der Waals surface area contributed by atoms with E-state index in [1.54, 1.807) is 11.8 Å². The Labute approximate surface area is 114 Å². The molecule has 0 aliphatic rings. The van der Waals surface area contributed by atoms with Crippen molar-refractivity contribution in [1.82, 2.24) is 15.1 Å². The smallest absolute Gasteiger partial charge is 0.104 e. The SMILES string of the molecule is CCNC(C)(C#N)CC(C)Sc1cc(C)nn1C. The highest BCUT2D eigenvalue weighted by Gasteiger charge is 2.26. The topological polar surface area (TPSA) is 53.6 Å². The van der Waals surface area contributed by atoms with Gasteiger partial charge in [-0.2, -0.15) is 10.4 Å². The van der Waals surface area contributed by atoms with E-state index >= 15 is 0 Å². The fourth-order valence-electron chi connectivity index (χ4n) is 2.07. The van der Waals surface area contributed by atoms with Crippen LogP contribution >= 0.6 is 11.8 Å². The summed E-state index contributed by atoms with van der Waals surface area (Å²) in [5, 5.41) is 18.3. The summed E-state index contributed by atoms with van der Waals surface area (Å²) >= 11 is 1.77. The lowest BCUT2D eigenvalue weighted by molar-refractivity contribution is 0.429. The highest BCUT2D eigenvalue weighted by molar-refractivity contribution is 7.99. The van der Waals surface area contributed by atoms with Gasteiger partial charge in [0.25, 0.3) is 0 Å². The highest BCUT2D eigenvalue weighted by atomic mass is 32.2. The first-order valence-corrected chi connectivity index (χ1v) is 7.11. The Bertz CT molecular complexity index is 435. The van der Waals surface area contributed by atoms with E-state index in [1.165, 1.54) is 0 Å². The second-order valence-corrected chi connectivity index (χ2v) is 6.31. The first kappa shape index (κ1) is 15.1. The third kappa shape index (κ3) is 4.04. The van der Waals surface area contributed by atoms with Crippen molar-refractivity contribution in [3.05, 3.63) is 11.8 Å². The summed E-state index contributed by atoms with van der Waals surface area (Å²) in [6, 6.07) is 4.45. The zero-order valence-electron chi connectivity index (χ0n) is 11.8. The molecule has 0 saturated carbocycles. The first-order chi connectivity index (χ1) is 8.40. The van der Waals surface area contributed by atoms with Crippen molar-refractivity contribution in [2.45, 2.75) is 49.9 Å². The van der Waals surface area contributed by atoms with Crippen molar-refractivity contribution in [3.63, 3.8) is 0 Å². The van der Waals surface area contributed by atoms with E-state index in [4.69, 9.17) is 0 Å². The molecule has 4 nitrogen and oxygen atoms in total. The summed E-state index contributed by atoms with van der Waals surface area (Å²) in [5.74, 6) is 0. The quantitative estimate of drug-likeness (QED) is 0.804. The van der Waals surface area contributed by atoms with Gasteiger partial charge in [0.15, 0.2) is 0 Å². The van der Waals surface area contributed by atoms with Crippen LogP contribution in [0.5, 0.6) is 0 Å². The van der Waals surface area contributed by atoms with Gasteiger partial charge < -0.3 is 0 Å². The van der Waals surface area contributed by atoms with Crippen LogP contribution in [-0.4, -0.2) is 27.1 Å². The molecule has 5 heteroatoms. The average molecular weight is 266 g/mol. The van der Waals surface area contributed by atoms with Gasteiger partial charge in [-0.15, -0.1) is 11.8 Å². The molecule has 1 heterocycles. The molecule has 0 spiro atoms. The van der Waals surface area contributed by atoms with Crippen LogP contribution in [0.3, 0.4) is 0 Å². The zero-order chi connectivity index (χ0) is 13.8. The molecular weight excluding hydrogens is 244 g/mol. The first-order valence-electron chi connectivity index (χ1n) is 6.24. The summed E-state index contributed by atoms with van der Waals surface area (Å²) in [6.07, 6.45) is 0.812. The molecule has 2 unspecified atom stereocenters. The third-order valence-electron chi connectivity index (χ3n) is 2.79. The molecule has 0 amide bonds. The van der Waals surface area contributed by atoms with Gasteiger partial charge in [0.1, 0.15) is 5.54 Å². The summed E-state index contributed by atoms with van der Waals surface area (Å²) in [7, 11) is 1.95. The number of hydrogen-bond acceptors (Lipinski definition) is 4. The number of nitriles is 1. The van der Waals surface area contributed by atoms with Crippen LogP contribution < -0.4 is 5.32 Å². The second-order valence-electron chi connectivity index (χ2n) is 4.85. The molecule has 18 heavy (non-hydrogen) atoms. The molecule has 0 bridgehead atoms. The maximum Gasteiger partial charge on any atom is 0.104 e. The van der Waals surface area contributed by atoms with E-state index < -0.39 is 5.54 Å². The highest BCUT2D eigenvalue weighted by Crippen LogP contribution is 2.28. The third-order valence-corrected chi connectivity index (χ3v) is 3.98. The van der Waals surface area contributed by atoms with Crippen molar-refractivity contribution >= 4 is 11.8 Å². The Balaban J connectivity index is 2.64. The van der Waals surface area contributed by atoms with Crippen LogP contribution in [0.15, 0.2) is 11.1 Å². The van der Waals surface area contributed by atoms with E-state index in [2.05, 4.69) is 29.5 Å². The van der Waals surface area contributed by atoms with E-state index in [1.807, 2.05) is 32.5 Å². The van der Waals surface area contributed by atoms with Gasteiger partial charge in [0, 0.05) is 12.3 Å². The van der Waals surface area contributed by atoms with Crippen LogP contribution in [0.2, 0.25) is 0 Å². The number of thioether (sulfide) groups is 1. The number of aryl methyl sites for hydroxylation is 2. The lowest BCUT2D eigenvalue weighted by Crippen LogP contribution is -2.42. The minimum atomic E-state index is -0.450. The fourth-order valence-corrected chi connectivity index (χ4v) is 3.33. The number of nitrogens with zero attached hydrogens (tertiary/aromatic N) is 3. The van der Waals surface area contributed by atoms with Crippen molar-refractivity contribution in [2.24, 2.45) is 7.05 Å². The Morgan fingerprint density at radius 3 is 2.78 bits per heavy atom. The van der Waals surface area contributed by atoms with Gasteiger partial charge in [0.2, 0.25) is 0 Å². The zero-order valence-corrected chi connectivity index (χ0v) is 12.6. The van der Waals surface area contributed by atoms with Crippen LogP contribution in [0, 0.1) is 18.3 Å². The molecule has 1 aromatic heterocycles. The summed E-state index contributed by atoms with van der Waals surface area (Å²) in [6.45, 7) is 8.94. The molecule has 1 aromatic rings. The Kier molecular flexibility index (Phi) is 5.24. The lowest BCUT2D eigenvalue weighted by atomic mass is 9.98. The van der Waals surface area contributed by atoms with E-state index in [9.17, 15) is 5.26 Å². The van der Waals surface area contributed by atoms with Gasteiger partial charge in [-0.3, -0.25) is 10.00 Å². The number of nitrogens with one attached hydrogen (secondary N) is 1. The molecule has 2 atom stereocenters. The fraction of sp³-hybridized carbons (Fsp3) is 0.692. The Morgan fingerprint density at radius 1 is 1.67 bits per heavy atom. The molecule has 100 valence electrons. The van der Waals surface area contributed by atoms with Crippen LogP contribution in [0.1, 0.15) is 32.9 Å². The molecule has 0 aliphatic heterocycles. The normalized spacial score (nSPS) is 16.0. The van der Waals surface area contributed by atoms with E-state index in [0.717, 1.165) is 23.7 Å². The standard InChI is InChI=1S/C13H22N4S/c1-6-15-13(4,9-14)8-11(3)18-12-7-10(2)16-17(12)5/h7,11,15H,6,8H2,1-5H3. The number of hydrogen-bond donors (Lipinski definition) is 1. The minimum Gasteiger partial charge on any atom is -0.300 e. The van der Waals surface area contributed by atoms with Crippen molar-refractivity contribution in [2.75, 3.05) is 6.54 Å². The minimum absolute atomic E-state index is 0.364. The van der Waals surface area contributed by atoms with Crippen molar-refractivity contribution in [1.29, 1.82) is 5.26 Å².